The van der Waals surface area contributed by atoms with Gasteiger partial charge in [-0.1, -0.05) is 45.9 Å². The van der Waals surface area contributed by atoms with Crippen molar-refractivity contribution in [2.45, 2.75) is 153 Å². The lowest BCUT2D eigenvalue weighted by atomic mass is 9.73. The zero-order valence-electron chi connectivity index (χ0n) is 39.2. The molecule has 4 fully saturated rings. The topological polar surface area (TPSA) is 230 Å². The minimum Gasteiger partial charge on any atom is -0.458 e. The highest BCUT2D eigenvalue weighted by atomic mass is 32.2. The smallest absolute Gasteiger partial charge is 0.408 e. The highest BCUT2D eigenvalue weighted by Crippen LogP contribution is 2.42. The molecule has 5 heterocycles. The number of esters is 1. The third-order valence-corrected chi connectivity index (χ3v) is 15.1. The molecule has 18 nitrogen and oxygen atoms in total. The van der Waals surface area contributed by atoms with Gasteiger partial charge in [-0.2, -0.15) is 0 Å². The number of aromatic nitrogens is 1. The number of likely N-dealkylation sites (N-methyl/N-ethyl adjacent to an activating group) is 1. The summed E-state index contributed by atoms with van der Waals surface area (Å²) in [5.41, 5.74) is -1.26. The highest BCUT2D eigenvalue weighted by molar-refractivity contribution is 7.89. The van der Waals surface area contributed by atoms with Crippen LogP contribution in [0.3, 0.4) is 0 Å². The fraction of sp³-hybridized carbons (Fsp3) is 0.674. The van der Waals surface area contributed by atoms with E-state index in [9.17, 15) is 32.7 Å². The summed E-state index contributed by atoms with van der Waals surface area (Å²) in [5, 5.41) is 17.2. The molecule has 19 heteroatoms. The predicted octanol–water partition coefficient (Wildman–Crippen LogP) is 4.10. The molecule has 1 unspecified atom stereocenters. The Labute approximate surface area is 382 Å². The summed E-state index contributed by atoms with van der Waals surface area (Å²) in [4.78, 5) is 62.5. The van der Waals surface area contributed by atoms with Crippen LogP contribution in [0, 0.1) is 30.6 Å². The molecular weight excluding hydrogens is 863 g/mol. The number of ketones is 1. The van der Waals surface area contributed by atoms with E-state index < -0.39 is 106 Å². The van der Waals surface area contributed by atoms with Crippen molar-refractivity contribution in [3.8, 4) is 11.3 Å². The Hall–Kier alpha value is -4.24. The normalized spacial score (nSPS) is 37.7. The number of rotatable bonds is 8. The van der Waals surface area contributed by atoms with Gasteiger partial charge in [-0.25, -0.2) is 22.7 Å². The van der Waals surface area contributed by atoms with E-state index in [2.05, 4.69) is 20.3 Å². The number of sulfonamides is 1. The van der Waals surface area contributed by atoms with Crippen molar-refractivity contribution in [1.82, 2.24) is 25.2 Å². The Morgan fingerprint density at radius 2 is 1.69 bits per heavy atom. The summed E-state index contributed by atoms with van der Waals surface area (Å²) in [6, 6.07) is 9.34. The fourth-order valence-electron chi connectivity index (χ4n) is 10.2. The first-order valence-electron chi connectivity index (χ1n) is 22.5. The molecule has 6 rings (SSSR count). The zero-order valence-corrected chi connectivity index (χ0v) is 40.0. The summed E-state index contributed by atoms with van der Waals surface area (Å²) in [6.45, 7) is 14.7. The quantitative estimate of drug-likeness (QED) is 0.216. The maximum absolute atomic E-state index is 14.6. The van der Waals surface area contributed by atoms with Gasteiger partial charge in [-0.3, -0.25) is 14.6 Å². The van der Waals surface area contributed by atoms with Gasteiger partial charge in [0.1, 0.15) is 29.7 Å². The van der Waals surface area contributed by atoms with E-state index >= 15 is 0 Å². The van der Waals surface area contributed by atoms with Crippen molar-refractivity contribution < 1.29 is 61.1 Å². The number of Topliss-reactive ketones (excluding diaryl/α,β-unsaturated/α-hetero) is 1. The molecule has 15 atom stereocenters. The number of ether oxygens (including phenoxy) is 6. The van der Waals surface area contributed by atoms with Crippen molar-refractivity contribution >= 4 is 34.0 Å². The number of pyridine rings is 1. The van der Waals surface area contributed by atoms with Gasteiger partial charge in [0.25, 0.3) is 0 Å². The standard InChI is InChI=1S/C46H67N5O13S/c1-12-35-46(9)39(49-44(56)64-46)27(5)36(52)24(2)21-45(8)40(62-42-37(53)34(51(10)11)19-26(4)60-42)28(6)38(29(7)41(54)61-35)59-23-31(22-47-43(55)63-45)50-65(57,58)32-17-14-16-30(20-32)33-18-13-15-25(3)48-33/h13-18,20,24,26-29,31,34-35,37-40,42,50,53H,12,19,21-23H2,1-11H3,(H,47,55)(H,49,56)/t24-,26-,27+,28+,29-,31?,34+,35-,37-,38+,39+,40-,42+,45-,46-/m1/s1. The Bertz CT molecular complexity index is 2180. The number of alkyl carbamates (subject to hydrolysis) is 2. The van der Waals surface area contributed by atoms with Crippen molar-refractivity contribution in [2.75, 3.05) is 27.2 Å². The molecule has 0 radical (unpaired) electrons. The van der Waals surface area contributed by atoms with E-state index in [1.165, 1.54) is 12.1 Å². The molecule has 360 valence electrons. The third-order valence-electron chi connectivity index (χ3n) is 13.6. The molecule has 2 amide bonds. The Kier molecular flexibility index (Phi) is 15.4. The van der Waals surface area contributed by atoms with Crippen LogP contribution in [0.1, 0.15) is 80.3 Å². The SMILES string of the molecule is CC[C@H]1OC(=O)[C@H](C)[C@H]2OCC(NS(=O)(=O)c3cccc(-c4cccc(C)n4)c3)CNC(=O)O[C@](C)(C[C@@H](C)C(=O)[C@H](C)[C@@H]3NC(=O)O[C@]13C)[C@H](O[C@@H]1O[C@H](C)C[C@H](N(C)C)[C@H]1O)[C@H]2C. The van der Waals surface area contributed by atoms with Crippen molar-refractivity contribution in [1.29, 1.82) is 0 Å². The second kappa shape index (κ2) is 19.9. The number of cyclic esters (lactones) is 1. The molecule has 4 N–H and O–H groups in total. The Morgan fingerprint density at radius 1 is 0.985 bits per heavy atom. The number of aliphatic hydroxyl groups is 1. The molecule has 4 aliphatic heterocycles. The molecule has 1 aromatic heterocycles. The van der Waals surface area contributed by atoms with E-state index in [-0.39, 0.29) is 48.8 Å². The van der Waals surface area contributed by atoms with E-state index in [0.717, 1.165) is 5.69 Å². The van der Waals surface area contributed by atoms with Crippen LogP contribution >= 0.6 is 0 Å². The molecular formula is C46H67N5O13S. The number of nitrogens with zero attached hydrogens (tertiary/aromatic N) is 2. The van der Waals surface area contributed by atoms with Crippen molar-refractivity contribution in [3.63, 3.8) is 0 Å². The summed E-state index contributed by atoms with van der Waals surface area (Å²) in [7, 11) is -0.617. The number of benzene rings is 1. The van der Waals surface area contributed by atoms with Crippen LogP contribution < -0.4 is 15.4 Å². The number of carbonyl (C=O) groups excluding carboxylic acids is 4. The summed E-state index contributed by atoms with van der Waals surface area (Å²) in [5.74, 6) is -4.76. The molecule has 2 bridgehead atoms. The average Bonchev–Trinajstić information content (AvgIpc) is 3.56. The predicted molar refractivity (Wildman–Crippen MR) is 237 cm³/mol. The summed E-state index contributed by atoms with van der Waals surface area (Å²) in [6.07, 6.45) is -7.33. The monoisotopic (exact) mass is 929 g/mol. The first kappa shape index (κ1) is 50.2. The lowest BCUT2D eigenvalue weighted by Crippen LogP contribution is -2.61. The maximum atomic E-state index is 14.6. The number of amides is 2. The summed E-state index contributed by atoms with van der Waals surface area (Å²) < 4.78 is 69.2. The largest absolute Gasteiger partial charge is 0.458 e. The molecule has 0 aliphatic carbocycles. The Balaban J connectivity index is 1.44. The molecule has 4 aliphatic rings. The third kappa shape index (κ3) is 10.8. The van der Waals surface area contributed by atoms with Crippen LogP contribution in [0.15, 0.2) is 47.4 Å². The van der Waals surface area contributed by atoms with Crippen LogP contribution in [-0.2, 0) is 48.0 Å². The van der Waals surface area contributed by atoms with Gasteiger partial charge in [0.15, 0.2) is 11.9 Å². The fourth-order valence-corrected chi connectivity index (χ4v) is 11.4. The van der Waals surface area contributed by atoms with Crippen LogP contribution in [0.4, 0.5) is 9.59 Å². The van der Waals surface area contributed by atoms with E-state index in [4.69, 9.17) is 28.4 Å². The second-order valence-electron chi connectivity index (χ2n) is 19.0. The number of fused-ring (bicyclic) bond motifs is 4. The van der Waals surface area contributed by atoms with E-state index in [1.807, 2.05) is 45.0 Å². The number of hydrogen-bond acceptors (Lipinski definition) is 15. The number of carbonyl (C=O) groups is 4. The highest BCUT2D eigenvalue weighted by Gasteiger charge is 2.58. The number of hydrogen-bond donors (Lipinski definition) is 4. The zero-order chi connectivity index (χ0) is 47.8. The van der Waals surface area contributed by atoms with Gasteiger partial charge in [-0.05, 0) is 92.2 Å². The van der Waals surface area contributed by atoms with Gasteiger partial charge in [0.2, 0.25) is 10.0 Å². The summed E-state index contributed by atoms with van der Waals surface area (Å²) >= 11 is 0. The minimum atomic E-state index is -4.29. The molecule has 2 aromatic rings. The number of aliphatic hydroxyl groups excluding tert-OH is 1. The van der Waals surface area contributed by atoms with Crippen molar-refractivity contribution in [3.05, 3.63) is 48.2 Å². The number of nitrogens with one attached hydrogen (secondary N) is 3. The average molecular weight is 930 g/mol. The minimum absolute atomic E-state index is 0.0627. The van der Waals surface area contributed by atoms with Gasteiger partial charge < -0.3 is 49.1 Å². The van der Waals surface area contributed by atoms with Gasteiger partial charge in [-0.15, -0.1) is 0 Å². The second-order valence-corrected chi connectivity index (χ2v) is 20.7. The molecule has 0 saturated carbocycles. The number of aryl methyl sites for hydroxylation is 1. The first-order valence-corrected chi connectivity index (χ1v) is 24.0. The maximum Gasteiger partial charge on any atom is 0.408 e. The van der Waals surface area contributed by atoms with E-state index in [0.29, 0.717) is 17.7 Å². The van der Waals surface area contributed by atoms with E-state index in [1.54, 1.807) is 66.7 Å². The molecule has 4 saturated heterocycles. The van der Waals surface area contributed by atoms with Crippen molar-refractivity contribution in [2.24, 2.45) is 23.7 Å². The molecule has 65 heavy (non-hydrogen) atoms. The Morgan fingerprint density at radius 3 is 2.37 bits per heavy atom. The molecule has 1 aromatic carbocycles. The van der Waals surface area contributed by atoms with Gasteiger partial charge in [0, 0.05) is 41.6 Å². The van der Waals surface area contributed by atoms with Crippen LogP contribution in [0.25, 0.3) is 11.3 Å². The lowest BCUT2D eigenvalue weighted by molar-refractivity contribution is -0.299. The lowest BCUT2D eigenvalue weighted by Gasteiger charge is -2.48. The molecule has 0 spiro atoms. The first-order chi connectivity index (χ1) is 30.5. The van der Waals surface area contributed by atoms with Crippen LogP contribution in [0.2, 0.25) is 0 Å². The van der Waals surface area contributed by atoms with Gasteiger partial charge >= 0.3 is 18.2 Å². The van der Waals surface area contributed by atoms with Crippen LogP contribution in [-0.4, -0.2) is 141 Å². The van der Waals surface area contributed by atoms with Crippen LogP contribution in [0.5, 0.6) is 0 Å². The van der Waals surface area contributed by atoms with Gasteiger partial charge in [0.05, 0.1) is 47.4 Å².